The van der Waals surface area contributed by atoms with Crippen LogP contribution >= 0.6 is 11.6 Å². The maximum Gasteiger partial charge on any atom is 0.0940 e. The highest BCUT2D eigenvalue weighted by Gasteiger charge is 2.32. The maximum atomic E-state index is 5.92. The number of hydrogen-bond donors (Lipinski definition) is 1. The lowest BCUT2D eigenvalue weighted by Gasteiger charge is -2.31. The standard InChI is InChI=1S/C13H18ClNO/c1-16-13(7-2-9-15-10-8-13)11-3-5-12(14)6-4-11/h3-6,15H,2,7-10H2,1H3. The van der Waals surface area contributed by atoms with Crippen molar-refractivity contribution in [2.24, 2.45) is 0 Å². The molecule has 0 spiro atoms. The second kappa shape index (κ2) is 5.17. The van der Waals surface area contributed by atoms with Crippen LogP contribution in [0.15, 0.2) is 24.3 Å². The van der Waals surface area contributed by atoms with E-state index in [-0.39, 0.29) is 5.60 Å². The Morgan fingerprint density at radius 2 is 1.94 bits per heavy atom. The molecule has 1 N–H and O–H groups in total. The van der Waals surface area contributed by atoms with E-state index in [2.05, 4.69) is 17.4 Å². The van der Waals surface area contributed by atoms with Crippen LogP contribution in [0.25, 0.3) is 0 Å². The molecule has 3 heteroatoms. The minimum atomic E-state index is -0.131. The Labute approximate surface area is 102 Å². The molecule has 1 atom stereocenters. The van der Waals surface area contributed by atoms with E-state index in [1.807, 2.05) is 12.1 Å². The highest BCUT2D eigenvalue weighted by molar-refractivity contribution is 6.30. The third-order valence-corrected chi connectivity index (χ3v) is 3.65. The molecule has 0 aliphatic carbocycles. The van der Waals surface area contributed by atoms with Crippen molar-refractivity contribution in [3.8, 4) is 0 Å². The van der Waals surface area contributed by atoms with Gasteiger partial charge in [-0.25, -0.2) is 0 Å². The number of halogens is 1. The number of ether oxygens (including phenoxy) is 1. The van der Waals surface area contributed by atoms with E-state index < -0.39 is 0 Å². The van der Waals surface area contributed by atoms with E-state index in [4.69, 9.17) is 16.3 Å². The Hall–Kier alpha value is -0.570. The van der Waals surface area contributed by atoms with Crippen LogP contribution in [-0.2, 0) is 10.3 Å². The number of rotatable bonds is 2. The topological polar surface area (TPSA) is 21.3 Å². The Balaban J connectivity index is 2.28. The van der Waals surface area contributed by atoms with Gasteiger partial charge < -0.3 is 10.1 Å². The number of nitrogens with one attached hydrogen (secondary N) is 1. The van der Waals surface area contributed by atoms with Crippen molar-refractivity contribution in [1.29, 1.82) is 0 Å². The summed E-state index contributed by atoms with van der Waals surface area (Å²) in [5.41, 5.74) is 1.11. The normalized spacial score (nSPS) is 26.4. The summed E-state index contributed by atoms with van der Waals surface area (Å²) >= 11 is 5.92. The molecule has 1 unspecified atom stereocenters. The molecule has 0 radical (unpaired) electrons. The third kappa shape index (κ3) is 2.40. The van der Waals surface area contributed by atoms with Gasteiger partial charge in [0.25, 0.3) is 0 Å². The van der Waals surface area contributed by atoms with Gasteiger partial charge in [-0.05, 0) is 50.0 Å². The minimum Gasteiger partial charge on any atom is -0.373 e. The van der Waals surface area contributed by atoms with Crippen LogP contribution in [0.2, 0.25) is 5.02 Å². The van der Waals surface area contributed by atoms with Crippen LogP contribution in [0, 0.1) is 0 Å². The van der Waals surface area contributed by atoms with Gasteiger partial charge in [0.1, 0.15) is 0 Å². The largest absolute Gasteiger partial charge is 0.373 e. The zero-order valence-corrected chi connectivity index (χ0v) is 10.4. The van der Waals surface area contributed by atoms with E-state index in [0.29, 0.717) is 0 Å². The van der Waals surface area contributed by atoms with Crippen molar-refractivity contribution in [2.45, 2.75) is 24.9 Å². The van der Waals surface area contributed by atoms with Gasteiger partial charge in [0, 0.05) is 12.1 Å². The quantitative estimate of drug-likeness (QED) is 0.857. The predicted molar refractivity (Wildman–Crippen MR) is 66.9 cm³/mol. The molecule has 0 amide bonds. The number of methoxy groups -OCH3 is 1. The molecule has 2 nitrogen and oxygen atoms in total. The van der Waals surface area contributed by atoms with Gasteiger partial charge in [-0.3, -0.25) is 0 Å². The molecule has 1 aromatic carbocycles. The Kier molecular flexibility index (Phi) is 3.85. The second-order valence-electron chi connectivity index (χ2n) is 4.31. The fourth-order valence-corrected chi connectivity index (χ4v) is 2.53. The van der Waals surface area contributed by atoms with E-state index in [1.165, 1.54) is 5.56 Å². The lowest BCUT2D eigenvalue weighted by Crippen LogP contribution is -2.29. The molecule has 2 rings (SSSR count). The summed E-state index contributed by atoms with van der Waals surface area (Å²) in [6.07, 6.45) is 3.24. The van der Waals surface area contributed by atoms with Crippen LogP contribution in [0.5, 0.6) is 0 Å². The van der Waals surface area contributed by atoms with E-state index in [1.54, 1.807) is 7.11 Å². The van der Waals surface area contributed by atoms with Crippen molar-refractivity contribution in [3.63, 3.8) is 0 Å². The average Bonchev–Trinajstić information content (AvgIpc) is 2.56. The second-order valence-corrected chi connectivity index (χ2v) is 4.75. The summed E-state index contributed by atoms with van der Waals surface area (Å²) in [7, 11) is 1.81. The van der Waals surface area contributed by atoms with Crippen molar-refractivity contribution in [3.05, 3.63) is 34.9 Å². The summed E-state index contributed by atoms with van der Waals surface area (Å²) in [4.78, 5) is 0. The predicted octanol–water partition coefficient (Wildman–Crippen LogP) is 2.96. The Morgan fingerprint density at radius 1 is 1.19 bits per heavy atom. The monoisotopic (exact) mass is 239 g/mol. The van der Waals surface area contributed by atoms with Crippen LogP contribution in [0.3, 0.4) is 0 Å². The third-order valence-electron chi connectivity index (χ3n) is 3.40. The van der Waals surface area contributed by atoms with E-state index >= 15 is 0 Å². The van der Waals surface area contributed by atoms with Crippen molar-refractivity contribution >= 4 is 11.6 Å². The van der Waals surface area contributed by atoms with Gasteiger partial charge in [-0.15, -0.1) is 0 Å². The highest BCUT2D eigenvalue weighted by atomic mass is 35.5. The number of benzene rings is 1. The molecular weight excluding hydrogens is 222 g/mol. The SMILES string of the molecule is COC1(c2ccc(Cl)cc2)CCCNCC1. The molecule has 0 bridgehead atoms. The summed E-state index contributed by atoms with van der Waals surface area (Å²) in [6.45, 7) is 2.09. The van der Waals surface area contributed by atoms with Crippen molar-refractivity contribution in [1.82, 2.24) is 5.32 Å². The van der Waals surface area contributed by atoms with Gasteiger partial charge in [-0.1, -0.05) is 23.7 Å². The van der Waals surface area contributed by atoms with Gasteiger partial charge in [-0.2, -0.15) is 0 Å². The molecular formula is C13H18ClNO. The smallest absolute Gasteiger partial charge is 0.0940 e. The summed E-state index contributed by atoms with van der Waals surface area (Å²) in [5.74, 6) is 0. The van der Waals surface area contributed by atoms with E-state index in [9.17, 15) is 0 Å². The molecule has 0 saturated carbocycles. The maximum absolute atomic E-state index is 5.92. The van der Waals surface area contributed by atoms with Crippen LogP contribution in [0.4, 0.5) is 0 Å². The fourth-order valence-electron chi connectivity index (χ4n) is 2.40. The Morgan fingerprint density at radius 3 is 2.62 bits per heavy atom. The zero-order valence-electron chi connectivity index (χ0n) is 9.63. The molecule has 0 aromatic heterocycles. The van der Waals surface area contributed by atoms with Crippen molar-refractivity contribution in [2.75, 3.05) is 20.2 Å². The lowest BCUT2D eigenvalue weighted by atomic mass is 9.86. The lowest BCUT2D eigenvalue weighted by molar-refractivity contribution is -0.0251. The van der Waals surface area contributed by atoms with Gasteiger partial charge in [0.2, 0.25) is 0 Å². The molecule has 1 fully saturated rings. The molecule has 1 aliphatic heterocycles. The minimum absolute atomic E-state index is 0.131. The summed E-state index contributed by atoms with van der Waals surface area (Å²) in [5, 5.41) is 4.19. The first kappa shape index (κ1) is 11.9. The van der Waals surface area contributed by atoms with Gasteiger partial charge in [0.15, 0.2) is 0 Å². The molecule has 16 heavy (non-hydrogen) atoms. The van der Waals surface area contributed by atoms with Crippen LogP contribution in [0.1, 0.15) is 24.8 Å². The molecule has 1 heterocycles. The molecule has 1 saturated heterocycles. The Bertz CT molecular complexity index is 328. The van der Waals surface area contributed by atoms with Crippen molar-refractivity contribution < 1.29 is 4.74 Å². The van der Waals surface area contributed by atoms with Gasteiger partial charge >= 0.3 is 0 Å². The number of hydrogen-bond acceptors (Lipinski definition) is 2. The van der Waals surface area contributed by atoms with E-state index in [0.717, 1.165) is 37.4 Å². The highest BCUT2D eigenvalue weighted by Crippen LogP contribution is 2.35. The molecule has 1 aliphatic rings. The zero-order chi connectivity index (χ0) is 11.4. The fraction of sp³-hybridized carbons (Fsp3) is 0.538. The average molecular weight is 240 g/mol. The first-order valence-electron chi connectivity index (χ1n) is 5.79. The summed E-state index contributed by atoms with van der Waals surface area (Å²) in [6, 6.07) is 8.04. The first-order valence-corrected chi connectivity index (χ1v) is 6.16. The van der Waals surface area contributed by atoms with Crippen LogP contribution < -0.4 is 5.32 Å². The van der Waals surface area contributed by atoms with Crippen LogP contribution in [-0.4, -0.2) is 20.2 Å². The molecule has 88 valence electrons. The summed E-state index contributed by atoms with van der Waals surface area (Å²) < 4.78 is 5.80. The van der Waals surface area contributed by atoms with Gasteiger partial charge in [0.05, 0.1) is 5.60 Å². The molecule has 1 aromatic rings. The first-order chi connectivity index (χ1) is 7.77.